The summed E-state index contributed by atoms with van der Waals surface area (Å²) < 4.78 is 12.7. The summed E-state index contributed by atoms with van der Waals surface area (Å²) in [6.45, 7) is 0.540. The van der Waals surface area contributed by atoms with Crippen molar-refractivity contribution >= 4 is 11.4 Å². The number of nitrogens with one attached hydrogen (secondary N) is 1. The number of nitrogens with zero attached hydrogens (tertiary/aromatic N) is 1. The first-order chi connectivity index (χ1) is 8.65. The normalized spacial score (nSPS) is 10.1. The van der Waals surface area contributed by atoms with Gasteiger partial charge < -0.3 is 5.32 Å². The summed E-state index contributed by atoms with van der Waals surface area (Å²) in [5.41, 5.74) is 1.78. The molecule has 0 saturated carbocycles. The summed E-state index contributed by atoms with van der Waals surface area (Å²) in [6.07, 6.45) is 0. The van der Waals surface area contributed by atoms with Crippen LogP contribution in [-0.4, -0.2) is 4.92 Å². The largest absolute Gasteiger partial charge is 0.381 e. The predicted molar refractivity (Wildman–Crippen MR) is 66.8 cm³/mol. The Morgan fingerprint density at radius 1 is 1.06 bits per heavy atom. The molecule has 0 unspecified atom stereocenters. The molecule has 0 bridgehead atoms. The third kappa shape index (κ3) is 3.04. The van der Waals surface area contributed by atoms with E-state index in [4.69, 9.17) is 0 Å². The van der Waals surface area contributed by atoms with Crippen LogP contribution in [0.3, 0.4) is 0 Å². The first-order valence-corrected chi connectivity index (χ1v) is 5.38. The van der Waals surface area contributed by atoms with Crippen molar-refractivity contribution < 1.29 is 9.31 Å². The number of nitro benzene ring substituents is 1. The fourth-order valence-electron chi connectivity index (χ4n) is 1.51. The van der Waals surface area contributed by atoms with Gasteiger partial charge in [-0.2, -0.15) is 0 Å². The van der Waals surface area contributed by atoms with Crippen LogP contribution < -0.4 is 5.32 Å². The van der Waals surface area contributed by atoms with Crippen LogP contribution in [-0.2, 0) is 6.54 Å². The molecule has 92 valence electrons. The van der Waals surface area contributed by atoms with E-state index in [1.807, 2.05) is 0 Å². The second-order valence-corrected chi connectivity index (χ2v) is 3.78. The lowest BCUT2D eigenvalue weighted by molar-refractivity contribution is -0.384. The average Bonchev–Trinajstić information content (AvgIpc) is 2.38. The molecule has 2 aromatic rings. The highest BCUT2D eigenvalue weighted by Gasteiger charge is 2.03. The molecule has 2 rings (SSSR count). The molecular formula is C13H11FN2O2. The van der Waals surface area contributed by atoms with Gasteiger partial charge in [0.05, 0.1) is 4.92 Å². The second-order valence-electron chi connectivity index (χ2n) is 3.78. The van der Waals surface area contributed by atoms with Gasteiger partial charge >= 0.3 is 0 Å². The van der Waals surface area contributed by atoms with Crippen LogP contribution in [0.5, 0.6) is 0 Å². The molecule has 0 aromatic heterocycles. The van der Waals surface area contributed by atoms with Gasteiger partial charge in [-0.1, -0.05) is 12.1 Å². The Hall–Kier alpha value is -2.43. The topological polar surface area (TPSA) is 55.2 Å². The SMILES string of the molecule is O=[N+]([O-])c1ccc(NCc2ccc(F)cc2)cc1. The van der Waals surface area contributed by atoms with E-state index in [0.29, 0.717) is 6.54 Å². The van der Waals surface area contributed by atoms with Crippen LogP contribution in [0.25, 0.3) is 0 Å². The summed E-state index contributed by atoms with van der Waals surface area (Å²) in [4.78, 5) is 10.0. The van der Waals surface area contributed by atoms with E-state index >= 15 is 0 Å². The highest BCUT2D eigenvalue weighted by atomic mass is 19.1. The molecule has 0 aliphatic carbocycles. The summed E-state index contributed by atoms with van der Waals surface area (Å²) in [7, 11) is 0. The number of hydrogen-bond acceptors (Lipinski definition) is 3. The van der Waals surface area contributed by atoms with Gasteiger partial charge in [0.25, 0.3) is 5.69 Å². The molecule has 0 spiro atoms. The van der Waals surface area contributed by atoms with Crippen molar-refractivity contribution in [1.82, 2.24) is 0 Å². The Bertz CT molecular complexity index is 538. The van der Waals surface area contributed by atoms with Crippen molar-refractivity contribution in [2.24, 2.45) is 0 Å². The summed E-state index contributed by atoms with van der Waals surface area (Å²) in [5, 5.41) is 13.6. The standard InChI is InChI=1S/C13H11FN2O2/c14-11-3-1-10(2-4-11)9-15-12-5-7-13(8-6-12)16(17)18/h1-8,15H,9H2. The number of non-ortho nitro benzene ring substituents is 1. The third-order valence-electron chi connectivity index (χ3n) is 2.49. The Morgan fingerprint density at radius 3 is 2.22 bits per heavy atom. The van der Waals surface area contributed by atoms with Gasteiger partial charge in [0, 0.05) is 24.4 Å². The molecular weight excluding hydrogens is 235 g/mol. The quantitative estimate of drug-likeness (QED) is 0.664. The minimum absolute atomic E-state index is 0.0577. The van der Waals surface area contributed by atoms with Crippen LogP contribution in [0, 0.1) is 15.9 Å². The van der Waals surface area contributed by atoms with E-state index in [-0.39, 0.29) is 11.5 Å². The molecule has 0 aliphatic rings. The van der Waals surface area contributed by atoms with Gasteiger partial charge in [0.2, 0.25) is 0 Å². The number of hydrogen-bond donors (Lipinski definition) is 1. The monoisotopic (exact) mass is 246 g/mol. The van der Waals surface area contributed by atoms with E-state index in [0.717, 1.165) is 11.3 Å². The van der Waals surface area contributed by atoms with E-state index in [1.165, 1.54) is 24.3 Å². The van der Waals surface area contributed by atoms with Gasteiger partial charge in [0.15, 0.2) is 0 Å². The zero-order chi connectivity index (χ0) is 13.0. The molecule has 0 amide bonds. The zero-order valence-electron chi connectivity index (χ0n) is 9.47. The highest BCUT2D eigenvalue weighted by molar-refractivity contribution is 5.48. The van der Waals surface area contributed by atoms with Gasteiger partial charge in [0.1, 0.15) is 5.82 Å². The Kier molecular flexibility index (Phi) is 3.52. The summed E-state index contributed by atoms with van der Waals surface area (Å²) >= 11 is 0. The van der Waals surface area contributed by atoms with E-state index in [2.05, 4.69) is 5.32 Å². The maximum Gasteiger partial charge on any atom is 0.269 e. The highest BCUT2D eigenvalue weighted by Crippen LogP contribution is 2.16. The number of rotatable bonds is 4. The van der Waals surface area contributed by atoms with E-state index in [9.17, 15) is 14.5 Å². The maximum atomic E-state index is 12.7. The molecule has 0 radical (unpaired) electrons. The van der Waals surface area contributed by atoms with Crippen LogP contribution >= 0.6 is 0 Å². The molecule has 0 atom stereocenters. The number of nitro groups is 1. The Balaban J connectivity index is 1.97. The predicted octanol–water partition coefficient (Wildman–Crippen LogP) is 3.35. The lowest BCUT2D eigenvalue weighted by Crippen LogP contribution is -1.99. The van der Waals surface area contributed by atoms with Crippen molar-refractivity contribution in [2.45, 2.75) is 6.54 Å². The van der Waals surface area contributed by atoms with Crippen LogP contribution in [0.2, 0.25) is 0 Å². The van der Waals surface area contributed by atoms with Crippen molar-refractivity contribution in [3.05, 3.63) is 70.0 Å². The maximum absolute atomic E-state index is 12.7. The molecule has 0 aliphatic heterocycles. The van der Waals surface area contributed by atoms with Gasteiger partial charge in [-0.05, 0) is 29.8 Å². The number of benzene rings is 2. The van der Waals surface area contributed by atoms with Crippen LogP contribution in [0.15, 0.2) is 48.5 Å². The fourth-order valence-corrected chi connectivity index (χ4v) is 1.51. The number of halogens is 1. The molecule has 0 fully saturated rings. The van der Waals surface area contributed by atoms with Crippen molar-refractivity contribution in [3.63, 3.8) is 0 Å². The minimum atomic E-state index is -0.441. The molecule has 5 heteroatoms. The van der Waals surface area contributed by atoms with Crippen LogP contribution in [0.1, 0.15) is 5.56 Å². The molecule has 0 saturated heterocycles. The van der Waals surface area contributed by atoms with Crippen LogP contribution in [0.4, 0.5) is 15.8 Å². The lowest BCUT2D eigenvalue weighted by Gasteiger charge is -2.06. The smallest absolute Gasteiger partial charge is 0.269 e. The molecule has 0 heterocycles. The average molecular weight is 246 g/mol. The minimum Gasteiger partial charge on any atom is -0.381 e. The fraction of sp³-hybridized carbons (Fsp3) is 0.0769. The third-order valence-corrected chi connectivity index (χ3v) is 2.49. The molecule has 18 heavy (non-hydrogen) atoms. The Morgan fingerprint density at radius 2 is 1.67 bits per heavy atom. The molecule has 2 aromatic carbocycles. The first kappa shape index (κ1) is 12.0. The van der Waals surface area contributed by atoms with E-state index < -0.39 is 4.92 Å². The second kappa shape index (κ2) is 5.27. The van der Waals surface area contributed by atoms with Gasteiger partial charge in [-0.3, -0.25) is 10.1 Å². The summed E-state index contributed by atoms with van der Waals surface area (Å²) in [6, 6.07) is 12.3. The molecule has 4 nitrogen and oxygen atoms in total. The van der Waals surface area contributed by atoms with Gasteiger partial charge in [-0.15, -0.1) is 0 Å². The van der Waals surface area contributed by atoms with Gasteiger partial charge in [-0.25, -0.2) is 4.39 Å². The van der Waals surface area contributed by atoms with Crippen molar-refractivity contribution in [3.8, 4) is 0 Å². The zero-order valence-corrected chi connectivity index (χ0v) is 9.47. The lowest BCUT2D eigenvalue weighted by atomic mass is 10.2. The first-order valence-electron chi connectivity index (χ1n) is 5.38. The van der Waals surface area contributed by atoms with Crippen molar-refractivity contribution in [1.29, 1.82) is 0 Å². The molecule has 1 N–H and O–H groups in total. The summed E-state index contributed by atoms with van der Waals surface area (Å²) in [5.74, 6) is -0.269. The number of anilines is 1. The van der Waals surface area contributed by atoms with Crippen molar-refractivity contribution in [2.75, 3.05) is 5.32 Å². The Labute approximate surface area is 103 Å². The van der Waals surface area contributed by atoms with E-state index in [1.54, 1.807) is 24.3 Å².